The molecule has 0 radical (unpaired) electrons. The van der Waals surface area contributed by atoms with Crippen LogP contribution in [-0.2, 0) is 0 Å². The molecule has 1 aromatic heterocycles. The molecule has 0 aliphatic rings. The molecule has 0 fully saturated rings. The summed E-state index contributed by atoms with van der Waals surface area (Å²) >= 11 is 0. The summed E-state index contributed by atoms with van der Waals surface area (Å²) in [7, 11) is 0. The third kappa shape index (κ3) is 2.07. The fourth-order valence-corrected chi connectivity index (χ4v) is 2.39. The number of fused-ring (bicyclic) bond motifs is 1. The number of hydrogen-bond donors (Lipinski definition) is 0. The molecule has 0 saturated heterocycles. The van der Waals surface area contributed by atoms with Crippen LogP contribution in [0.25, 0.3) is 11.0 Å². The Labute approximate surface area is 117 Å². The standard InChI is InChI=1S/C17H14N2O/c1-11-6-7-13(12(2)10-11)17(20)14-4-3-5-15-16(14)19-9-8-18-15/h3-10H,1-2H3. The zero-order valence-electron chi connectivity index (χ0n) is 11.4. The molecule has 3 nitrogen and oxygen atoms in total. The van der Waals surface area contributed by atoms with Crippen LogP contribution in [-0.4, -0.2) is 15.8 Å². The Bertz CT molecular complexity index is 804. The third-order valence-electron chi connectivity index (χ3n) is 3.37. The Balaban J connectivity index is 2.18. The van der Waals surface area contributed by atoms with Gasteiger partial charge in [0.1, 0.15) is 0 Å². The second kappa shape index (κ2) is 4.85. The fourth-order valence-electron chi connectivity index (χ4n) is 2.39. The van der Waals surface area contributed by atoms with Gasteiger partial charge in [-0.15, -0.1) is 0 Å². The predicted molar refractivity (Wildman–Crippen MR) is 78.9 cm³/mol. The summed E-state index contributed by atoms with van der Waals surface area (Å²) in [6.07, 6.45) is 3.24. The number of benzene rings is 2. The quantitative estimate of drug-likeness (QED) is 0.664. The van der Waals surface area contributed by atoms with Gasteiger partial charge in [-0.1, -0.05) is 29.8 Å². The van der Waals surface area contributed by atoms with Gasteiger partial charge in [-0.25, -0.2) is 0 Å². The molecule has 0 bridgehead atoms. The average molecular weight is 262 g/mol. The number of hydrogen-bond acceptors (Lipinski definition) is 3. The van der Waals surface area contributed by atoms with Gasteiger partial charge in [0.25, 0.3) is 0 Å². The zero-order valence-corrected chi connectivity index (χ0v) is 11.4. The van der Waals surface area contributed by atoms with Gasteiger partial charge in [0.05, 0.1) is 16.6 Å². The summed E-state index contributed by atoms with van der Waals surface area (Å²) < 4.78 is 0. The lowest BCUT2D eigenvalue weighted by Crippen LogP contribution is -2.05. The normalized spacial score (nSPS) is 10.7. The largest absolute Gasteiger partial charge is 0.289 e. The van der Waals surface area contributed by atoms with E-state index in [1.54, 1.807) is 18.5 Å². The molecule has 98 valence electrons. The first kappa shape index (κ1) is 12.5. The van der Waals surface area contributed by atoms with Crippen molar-refractivity contribution in [1.82, 2.24) is 9.97 Å². The molecule has 2 aromatic carbocycles. The molecule has 0 aliphatic carbocycles. The Kier molecular flexibility index (Phi) is 3.03. The van der Waals surface area contributed by atoms with E-state index in [-0.39, 0.29) is 5.78 Å². The van der Waals surface area contributed by atoms with Gasteiger partial charge in [0.2, 0.25) is 0 Å². The van der Waals surface area contributed by atoms with E-state index >= 15 is 0 Å². The van der Waals surface area contributed by atoms with Crippen molar-refractivity contribution in [2.75, 3.05) is 0 Å². The lowest BCUT2D eigenvalue weighted by atomic mass is 9.97. The summed E-state index contributed by atoms with van der Waals surface area (Å²) in [4.78, 5) is 21.3. The maximum Gasteiger partial charge on any atom is 0.195 e. The number of aryl methyl sites for hydroxylation is 2. The van der Waals surface area contributed by atoms with Crippen molar-refractivity contribution in [3.63, 3.8) is 0 Å². The number of nitrogens with zero attached hydrogens (tertiary/aromatic N) is 2. The van der Waals surface area contributed by atoms with Crippen LogP contribution in [0, 0.1) is 13.8 Å². The van der Waals surface area contributed by atoms with Gasteiger partial charge in [0, 0.05) is 18.0 Å². The van der Waals surface area contributed by atoms with Crippen LogP contribution in [0.2, 0.25) is 0 Å². The molecule has 0 amide bonds. The van der Waals surface area contributed by atoms with Gasteiger partial charge in [-0.05, 0) is 31.5 Å². The predicted octanol–water partition coefficient (Wildman–Crippen LogP) is 3.48. The second-order valence-corrected chi connectivity index (χ2v) is 4.88. The Morgan fingerprint density at radius 2 is 1.75 bits per heavy atom. The molecule has 3 heteroatoms. The van der Waals surface area contributed by atoms with Gasteiger partial charge in [-0.2, -0.15) is 0 Å². The maximum atomic E-state index is 12.7. The number of para-hydroxylation sites is 1. The number of aromatic nitrogens is 2. The van der Waals surface area contributed by atoms with E-state index in [1.807, 2.05) is 44.2 Å². The van der Waals surface area contributed by atoms with Crippen molar-refractivity contribution in [3.8, 4) is 0 Å². The van der Waals surface area contributed by atoms with E-state index in [1.165, 1.54) is 0 Å². The molecule has 0 unspecified atom stereocenters. The van der Waals surface area contributed by atoms with Gasteiger partial charge in [0.15, 0.2) is 5.78 Å². The molecular weight excluding hydrogens is 248 g/mol. The van der Waals surface area contributed by atoms with Crippen molar-refractivity contribution in [2.24, 2.45) is 0 Å². The second-order valence-electron chi connectivity index (χ2n) is 4.88. The van der Waals surface area contributed by atoms with Crippen LogP contribution in [0.4, 0.5) is 0 Å². The molecule has 0 N–H and O–H groups in total. The van der Waals surface area contributed by atoms with E-state index in [4.69, 9.17) is 0 Å². The smallest absolute Gasteiger partial charge is 0.195 e. The number of rotatable bonds is 2. The first-order valence-electron chi connectivity index (χ1n) is 6.48. The summed E-state index contributed by atoms with van der Waals surface area (Å²) in [6.45, 7) is 3.97. The molecule has 3 rings (SSSR count). The van der Waals surface area contributed by atoms with E-state index < -0.39 is 0 Å². The summed E-state index contributed by atoms with van der Waals surface area (Å²) in [5.74, 6) is -0.00593. The lowest BCUT2D eigenvalue weighted by Gasteiger charge is -2.07. The highest BCUT2D eigenvalue weighted by Crippen LogP contribution is 2.20. The first-order valence-corrected chi connectivity index (χ1v) is 6.48. The molecular formula is C17H14N2O. The minimum Gasteiger partial charge on any atom is -0.289 e. The van der Waals surface area contributed by atoms with Crippen LogP contribution in [0.15, 0.2) is 48.8 Å². The summed E-state index contributed by atoms with van der Waals surface area (Å²) in [5, 5.41) is 0. The summed E-state index contributed by atoms with van der Waals surface area (Å²) in [6, 6.07) is 11.4. The zero-order chi connectivity index (χ0) is 14.1. The minimum absolute atomic E-state index is 0.00593. The van der Waals surface area contributed by atoms with E-state index in [0.29, 0.717) is 16.6 Å². The minimum atomic E-state index is -0.00593. The highest BCUT2D eigenvalue weighted by atomic mass is 16.1. The third-order valence-corrected chi connectivity index (χ3v) is 3.37. The van der Waals surface area contributed by atoms with Crippen molar-refractivity contribution in [3.05, 3.63) is 71.0 Å². The highest BCUT2D eigenvalue weighted by molar-refractivity contribution is 6.15. The number of ketones is 1. The molecule has 0 saturated carbocycles. The Hall–Kier alpha value is -2.55. The van der Waals surface area contributed by atoms with Crippen LogP contribution in [0.5, 0.6) is 0 Å². The fraction of sp³-hybridized carbons (Fsp3) is 0.118. The van der Waals surface area contributed by atoms with Crippen LogP contribution < -0.4 is 0 Å². The lowest BCUT2D eigenvalue weighted by molar-refractivity contribution is 0.103. The molecule has 0 aliphatic heterocycles. The van der Waals surface area contributed by atoms with Crippen LogP contribution >= 0.6 is 0 Å². The van der Waals surface area contributed by atoms with Gasteiger partial charge in [-0.3, -0.25) is 14.8 Å². The van der Waals surface area contributed by atoms with Gasteiger partial charge >= 0.3 is 0 Å². The summed E-state index contributed by atoms with van der Waals surface area (Å²) in [5.41, 5.74) is 4.84. The maximum absolute atomic E-state index is 12.7. The molecule has 0 spiro atoms. The van der Waals surface area contributed by atoms with Crippen molar-refractivity contribution in [1.29, 1.82) is 0 Å². The topological polar surface area (TPSA) is 42.9 Å². The molecule has 3 aromatic rings. The van der Waals surface area contributed by atoms with E-state index in [0.717, 1.165) is 16.6 Å². The number of carbonyl (C=O) groups is 1. The monoisotopic (exact) mass is 262 g/mol. The Morgan fingerprint density at radius 1 is 0.950 bits per heavy atom. The van der Waals surface area contributed by atoms with Crippen molar-refractivity contribution < 1.29 is 4.79 Å². The number of carbonyl (C=O) groups excluding carboxylic acids is 1. The molecule has 1 heterocycles. The van der Waals surface area contributed by atoms with Crippen molar-refractivity contribution >= 4 is 16.8 Å². The average Bonchev–Trinajstić information content (AvgIpc) is 2.46. The van der Waals surface area contributed by atoms with Crippen molar-refractivity contribution in [2.45, 2.75) is 13.8 Å². The first-order chi connectivity index (χ1) is 9.66. The Morgan fingerprint density at radius 3 is 2.55 bits per heavy atom. The highest BCUT2D eigenvalue weighted by Gasteiger charge is 2.15. The van der Waals surface area contributed by atoms with E-state index in [9.17, 15) is 4.79 Å². The molecule has 20 heavy (non-hydrogen) atoms. The van der Waals surface area contributed by atoms with Crippen LogP contribution in [0.1, 0.15) is 27.0 Å². The van der Waals surface area contributed by atoms with Crippen LogP contribution in [0.3, 0.4) is 0 Å². The SMILES string of the molecule is Cc1ccc(C(=O)c2cccc3nccnc23)c(C)c1. The van der Waals surface area contributed by atoms with E-state index in [2.05, 4.69) is 9.97 Å². The van der Waals surface area contributed by atoms with Gasteiger partial charge < -0.3 is 0 Å². The molecule has 0 atom stereocenters.